The van der Waals surface area contributed by atoms with Gasteiger partial charge in [0.1, 0.15) is 12.7 Å². The first kappa shape index (κ1) is 45.6. The predicted octanol–water partition coefficient (Wildman–Crippen LogP) is -1.08. The maximum Gasteiger partial charge on any atom is 0.340 e. The van der Waals surface area contributed by atoms with E-state index < -0.39 is 193 Å². The topological polar surface area (TPSA) is 450 Å². The summed E-state index contributed by atoms with van der Waals surface area (Å²) in [4.78, 5) is 83.3. The van der Waals surface area contributed by atoms with Crippen LogP contribution in [0.3, 0.4) is 0 Å². The fourth-order valence-corrected chi connectivity index (χ4v) is 7.60. The molecule has 0 saturated carbocycles. The van der Waals surface area contributed by atoms with Gasteiger partial charge in [0.25, 0.3) is 11.6 Å². The molecule has 1 saturated heterocycles. The van der Waals surface area contributed by atoms with Crippen molar-refractivity contribution >= 4 is 35.6 Å². The summed E-state index contributed by atoms with van der Waals surface area (Å²) >= 11 is 0. The van der Waals surface area contributed by atoms with Crippen molar-refractivity contribution in [3.8, 4) is 69.0 Å². The van der Waals surface area contributed by atoms with Gasteiger partial charge in [0.15, 0.2) is 75.5 Å². The molecule has 14 N–H and O–H groups in total. The first-order chi connectivity index (χ1) is 31.8. The molecule has 7 atom stereocenters. The lowest BCUT2D eigenvalue weighted by atomic mass is 9.74. The van der Waals surface area contributed by atoms with E-state index in [-0.39, 0.29) is 6.08 Å². The van der Waals surface area contributed by atoms with Crippen LogP contribution in [-0.2, 0) is 38.0 Å². The number of ether oxygens (including phenoxy) is 7. The quantitative estimate of drug-likeness (QED) is 0.0453. The number of hydrogen-bond acceptors (Lipinski definition) is 27. The van der Waals surface area contributed by atoms with Crippen LogP contribution in [0, 0.1) is 0 Å². The zero-order valence-electron chi connectivity index (χ0n) is 33.4. The predicted molar refractivity (Wildman–Crippen MR) is 205 cm³/mol. The fraction of sp³-hybridized carbons (Fsp3) is 0.220. The van der Waals surface area contributed by atoms with E-state index in [1.165, 1.54) is 0 Å². The molecule has 0 amide bonds. The largest absolute Gasteiger partial charge is 0.504 e. The highest BCUT2D eigenvalue weighted by Gasteiger charge is 2.70. The second-order valence-electron chi connectivity index (χ2n) is 15.1. The van der Waals surface area contributed by atoms with Gasteiger partial charge in [-0.15, -0.1) is 0 Å². The minimum absolute atomic E-state index is 0.201. The first-order valence-corrected chi connectivity index (χ1v) is 19.0. The van der Waals surface area contributed by atoms with Crippen LogP contribution in [0.2, 0.25) is 0 Å². The number of phenols is 11. The van der Waals surface area contributed by atoms with E-state index in [4.69, 9.17) is 33.2 Å². The van der Waals surface area contributed by atoms with Gasteiger partial charge in [0, 0.05) is 5.56 Å². The Morgan fingerprint density at radius 1 is 0.574 bits per heavy atom. The number of esters is 5. The molecule has 6 unspecified atom stereocenters. The molecule has 3 heterocycles. The van der Waals surface area contributed by atoms with E-state index in [1.54, 1.807) is 0 Å². The van der Waals surface area contributed by atoms with Gasteiger partial charge in [-0.3, -0.25) is 4.79 Å². The normalized spacial score (nSPS) is 24.5. The maximum absolute atomic E-state index is 14.5. The van der Waals surface area contributed by atoms with Crippen LogP contribution in [0.1, 0.15) is 52.9 Å². The summed E-state index contributed by atoms with van der Waals surface area (Å²) in [5, 5.41) is 145. The number of carbonyl (C=O) groups is 6. The molecule has 0 aromatic heterocycles. The number of aromatic hydroxyl groups is 11. The molecular formula is C41H30O27. The molecule has 356 valence electrons. The number of fused-ring (bicyclic) bond motifs is 2. The Morgan fingerprint density at radius 2 is 1.03 bits per heavy atom. The van der Waals surface area contributed by atoms with E-state index in [0.29, 0.717) is 42.5 Å². The first-order valence-electron chi connectivity index (χ1n) is 19.0. The lowest BCUT2D eigenvalue weighted by Gasteiger charge is -2.44. The van der Waals surface area contributed by atoms with Crippen molar-refractivity contribution < 1.29 is 133 Å². The van der Waals surface area contributed by atoms with E-state index in [1.807, 2.05) is 0 Å². The molecule has 27 nitrogen and oxygen atoms in total. The SMILES string of the molecule is O=C1OC2C(COC(=O)c3cc(O)c(O)c(O)c3)OC(OC(=O)c3cc(O)c(O)c(O)c3)C(OC(=O)c3cc(O)c(O)c4c3[C@@H]3C1=CC(=O)C(O)(O)C3(O)O4)C2OC(=O)c1cc(O)c(O)c(O)c1. The molecule has 4 aliphatic rings. The van der Waals surface area contributed by atoms with Crippen LogP contribution in [-0.4, -0.2) is 156 Å². The zero-order chi connectivity index (χ0) is 49.6. The van der Waals surface area contributed by atoms with Crippen molar-refractivity contribution in [3.05, 3.63) is 81.9 Å². The van der Waals surface area contributed by atoms with Gasteiger partial charge in [-0.2, -0.15) is 0 Å². The monoisotopic (exact) mass is 954 g/mol. The summed E-state index contributed by atoms with van der Waals surface area (Å²) in [5.41, 5.74) is -5.34. The summed E-state index contributed by atoms with van der Waals surface area (Å²) in [6.45, 7) is -1.28. The van der Waals surface area contributed by atoms with Gasteiger partial charge in [0.05, 0.1) is 33.7 Å². The third-order valence-corrected chi connectivity index (χ3v) is 10.9. The molecule has 68 heavy (non-hydrogen) atoms. The molecule has 1 aliphatic carbocycles. The van der Waals surface area contributed by atoms with Crippen molar-refractivity contribution in [1.82, 2.24) is 0 Å². The lowest BCUT2D eigenvalue weighted by molar-refractivity contribution is -0.323. The Hall–Kier alpha value is -8.92. The summed E-state index contributed by atoms with van der Waals surface area (Å²) < 4.78 is 38.8. The Balaban J connectivity index is 1.32. The van der Waals surface area contributed by atoms with Gasteiger partial charge < -0.3 is 105 Å². The summed E-state index contributed by atoms with van der Waals surface area (Å²) in [6, 6.07) is 3.85. The van der Waals surface area contributed by atoms with Gasteiger partial charge >= 0.3 is 29.8 Å². The number of carbonyl (C=O) groups excluding carboxylic acids is 6. The van der Waals surface area contributed by atoms with Crippen molar-refractivity contribution in [3.63, 3.8) is 0 Å². The number of hydrogen-bond donors (Lipinski definition) is 14. The second-order valence-corrected chi connectivity index (χ2v) is 15.1. The van der Waals surface area contributed by atoms with Crippen molar-refractivity contribution in [1.29, 1.82) is 0 Å². The van der Waals surface area contributed by atoms with E-state index in [2.05, 4.69) is 0 Å². The molecule has 2 bridgehead atoms. The average Bonchev–Trinajstić information content (AvgIpc) is 3.60. The Morgan fingerprint density at radius 3 is 1.54 bits per heavy atom. The third-order valence-electron chi connectivity index (χ3n) is 10.9. The molecule has 3 aliphatic heterocycles. The van der Waals surface area contributed by atoms with Crippen LogP contribution in [0.4, 0.5) is 0 Å². The van der Waals surface area contributed by atoms with Crippen LogP contribution < -0.4 is 4.74 Å². The highest BCUT2D eigenvalue weighted by molar-refractivity contribution is 6.08. The highest BCUT2D eigenvalue weighted by atomic mass is 16.8. The van der Waals surface area contributed by atoms with Crippen molar-refractivity contribution in [2.45, 2.75) is 48.2 Å². The standard InChI is InChI=1S/C41H30O27/c42-15-1-10(2-16(43)26(15)50)34(54)62-9-22-30-32(65-35(55)11-3-17(44)27(51)18(45)4-11)33(39(63-22)67-36(56)12-5-19(46)28(52)20(47)6-12)66-37(57)13-7-21(48)29(53)31-24(13)25-14(38(58)64-30)8-23(49)40(59,60)41(25,61)68-31/h1-8,22,25,30,32-33,39,42-48,50-53,59-61H,9H2/t22?,25-,30?,32?,33?,39?,41?/m0/s1. The summed E-state index contributed by atoms with van der Waals surface area (Å²) in [5.74, 6) is -34.0. The number of rotatable bonds is 7. The fourth-order valence-electron chi connectivity index (χ4n) is 7.60. The summed E-state index contributed by atoms with van der Waals surface area (Å²) in [6.07, 6.45) is -12.1. The lowest BCUT2D eigenvalue weighted by Crippen LogP contribution is -2.66. The van der Waals surface area contributed by atoms with Crippen LogP contribution in [0.25, 0.3) is 0 Å². The number of phenolic OH excluding ortho intramolecular Hbond substituents is 11. The van der Waals surface area contributed by atoms with Gasteiger partial charge in [-0.25, -0.2) is 24.0 Å². The van der Waals surface area contributed by atoms with Gasteiger partial charge in [0.2, 0.25) is 23.9 Å². The minimum atomic E-state index is -4.02. The molecule has 1 fully saturated rings. The van der Waals surface area contributed by atoms with Crippen LogP contribution in [0.5, 0.6) is 69.0 Å². The van der Waals surface area contributed by atoms with Crippen molar-refractivity contribution in [2.24, 2.45) is 0 Å². The minimum Gasteiger partial charge on any atom is -0.504 e. The van der Waals surface area contributed by atoms with Gasteiger partial charge in [-0.1, -0.05) is 0 Å². The molecular weight excluding hydrogens is 924 g/mol. The molecule has 0 spiro atoms. The molecule has 27 heteroatoms. The van der Waals surface area contributed by atoms with Crippen LogP contribution >= 0.6 is 0 Å². The van der Waals surface area contributed by atoms with E-state index in [9.17, 15) is 100 Å². The Kier molecular flexibility index (Phi) is 10.7. The third kappa shape index (κ3) is 7.18. The smallest absolute Gasteiger partial charge is 0.340 e. The Labute approximate surface area is 374 Å². The van der Waals surface area contributed by atoms with E-state index >= 15 is 0 Å². The average molecular weight is 955 g/mol. The highest BCUT2D eigenvalue weighted by Crippen LogP contribution is 2.60. The Bertz CT molecular complexity index is 2870. The molecule has 8 rings (SSSR count). The molecule has 4 aromatic carbocycles. The maximum atomic E-state index is 14.5. The number of benzene rings is 4. The summed E-state index contributed by atoms with van der Waals surface area (Å²) in [7, 11) is 0. The molecule has 0 radical (unpaired) electrons. The molecule has 4 aromatic rings. The zero-order valence-corrected chi connectivity index (χ0v) is 33.4. The number of aliphatic hydroxyl groups is 3. The second kappa shape index (κ2) is 15.9. The van der Waals surface area contributed by atoms with Crippen LogP contribution in [0.15, 0.2) is 54.1 Å². The van der Waals surface area contributed by atoms with Gasteiger partial charge in [-0.05, 0) is 48.5 Å². The van der Waals surface area contributed by atoms with E-state index in [0.717, 1.165) is 0 Å². The number of ketones is 1. The van der Waals surface area contributed by atoms with Crippen molar-refractivity contribution in [2.75, 3.05) is 6.61 Å².